The highest BCUT2D eigenvalue weighted by Crippen LogP contribution is 2.36. The SMILES string of the molecule is Cl.N[C@@H](c1ccc(Br)cc1Cl)C1CCCCC1. The molecule has 0 amide bonds. The number of nitrogens with two attached hydrogens (primary N) is 1. The van der Waals surface area contributed by atoms with E-state index in [0.717, 1.165) is 15.1 Å². The van der Waals surface area contributed by atoms with Gasteiger partial charge >= 0.3 is 0 Å². The Morgan fingerprint density at radius 3 is 2.47 bits per heavy atom. The van der Waals surface area contributed by atoms with Crippen molar-refractivity contribution in [2.45, 2.75) is 38.1 Å². The van der Waals surface area contributed by atoms with Crippen LogP contribution in [0.3, 0.4) is 0 Å². The molecule has 0 aliphatic heterocycles. The van der Waals surface area contributed by atoms with Gasteiger partial charge in [-0.2, -0.15) is 0 Å². The summed E-state index contributed by atoms with van der Waals surface area (Å²) in [5.74, 6) is 0.604. The van der Waals surface area contributed by atoms with Crippen molar-refractivity contribution in [2.24, 2.45) is 11.7 Å². The molecule has 0 saturated heterocycles. The third-order valence-electron chi connectivity index (χ3n) is 3.48. The van der Waals surface area contributed by atoms with Crippen LogP contribution < -0.4 is 5.73 Å². The molecular weight excluding hydrogens is 321 g/mol. The van der Waals surface area contributed by atoms with Crippen molar-refractivity contribution in [3.8, 4) is 0 Å². The van der Waals surface area contributed by atoms with Gasteiger partial charge in [0.05, 0.1) is 0 Å². The summed E-state index contributed by atoms with van der Waals surface area (Å²) in [6.45, 7) is 0. The van der Waals surface area contributed by atoms with E-state index in [2.05, 4.69) is 15.9 Å². The van der Waals surface area contributed by atoms with Gasteiger partial charge in [-0.15, -0.1) is 12.4 Å². The molecule has 1 aliphatic carbocycles. The minimum Gasteiger partial charge on any atom is -0.324 e. The monoisotopic (exact) mass is 337 g/mol. The molecule has 1 nitrogen and oxygen atoms in total. The Morgan fingerprint density at radius 1 is 1.24 bits per heavy atom. The molecule has 0 unspecified atom stereocenters. The molecule has 2 rings (SSSR count). The summed E-state index contributed by atoms with van der Waals surface area (Å²) in [5.41, 5.74) is 7.42. The molecule has 17 heavy (non-hydrogen) atoms. The Labute approximate surface area is 123 Å². The Kier molecular flexibility index (Phi) is 6.28. The Balaban J connectivity index is 0.00000144. The summed E-state index contributed by atoms with van der Waals surface area (Å²) in [5, 5.41) is 0.785. The number of hydrogen-bond acceptors (Lipinski definition) is 1. The average molecular weight is 339 g/mol. The van der Waals surface area contributed by atoms with Crippen LogP contribution in [0.25, 0.3) is 0 Å². The predicted octanol–water partition coefficient (Wildman–Crippen LogP) is 5.10. The van der Waals surface area contributed by atoms with Crippen LogP contribution in [0.4, 0.5) is 0 Å². The second-order valence-electron chi connectivity index (χ2n) is 4.59. The van der Waals surface area contributed by atoms with Crippen molar-refractivity contribution >= 4 is 39.9 Å². The first-order chi connectivity index (χ1) is 7.68. The van der Waals surface area contributed by atoms with Crippen LogP contribution in [0.15, 0.2) is 22.7 Å². The Bertz CT molecular complexity index is 364. The fraction of sp³-hybridized carbons (Fsp3) is 0.538. The average Bonchev–Trinajstić information content (AvgIpc) is 2.29. The minimum atomic E-state index is 0. The standard InChI is InChI=1S/C13H17BrClN.ClH/c14-10-6-7-11(12(15)8-10)13(16)9-4-2-1-3-5-9;/h6-9,13H,1-5,16H2;1H/t13-;/m1./s1. The van der Waals surface area contributed by atoms with Gasteiger partial charge in [0, 0.05) is 15.5 Å². The third kappa shape index (κ3) is 3.85. The summed E-state index contributed by atoms with van der Waals surface area (Å²) >= 11 is 9.65. The van der Waals surface area contributed by atoms with E-state index in [-0.39, 0.29) is 18.4 Å². The quantitative estimate of drug-likeness (QED) is 0.797. The lowest BCUT2D eigenvalue weighted by molar-refractivity contribution is 0.308. The van der Waals surface area contributed by atoms with E-state index < -0.39 is 0 Å². The summed E-state index contributed by atoms with van der Waals surface area (Å²) in [7, 11) is 0. The summed E-state index contributed by atoms with van der Waals surface area (Å²) in [4.78, 5) is 0. The highest BCUT2D eigenvalue weighted by molar-refractivity contribution is 9.10. The molecule has 1 atom stereocenters. The van der Waals surface area contributed by atoms with Gasteiger partial charge in [0.15, 0.2) is 0 Å². The summed E-state index contributed by atoms with van der Waals surface area (Å²) in [6, 6.07) is 6.09. The maximum Gasteiger partial charge on any atom is 0.0465 e. The van der Waals surface area contributed by atoms with Gasteiger partial charge in [-0.1, -0.05) is 52.9 Å². The van der Waals surface area contributed by atoms with E-state index in [9.17, 15) is 0 Å². The lowest BCUT2D eigenvalue weighted by atomic mass is 9.81. The molecule has 1 aliphatic rings. The van der Waals surface area contributed by atoms with Gasteiger partial charge in [-0.25, -0.2) is 0 Å². The van der Waals surface area contributed by atoms with Crippen molar-refractivity contribution in [2.75, 3.05) is 0 Å². The second kappa shape index (κ2) is 6.98. The topological polar surface area (TPSA) is 26.0 Å². The van der Waals surface area contributed by atoms with Gasteiger partial charge in [-0.05, 0) is 36.5 Å². The zero-order chi connectivity index (χ0) is 11.5. The van der Waals surface area contributed by atoms with E-state index >= 15 is 0 Å². The molecule has 0 heterocycles. The van der Waals surface area contributed by atoms with Gasteiger partial charge < -0.3 is 5.73 Å². The van der Waals surface area contributed by atoms with Crippen LogP contribution >= 0.6 is 39.9 Å². The van der Waals surface area contributed by atoms with Crippen LogP contribution in [0.5, 0.6) is 0 Å². The van der Waals surface area contributed by atoms with Gasteiger partial charge in [0.25, 0.3) is 0 Å². The summed E-state index contributed by atoms with van der Waals surface area (Å²) in [6.07, 6.45) is 6.47. The molecule has 0 radical (unpaired) electrons. The fourth-order valence-corrected chi connectivity index (χ4v) is 3.32. The van der Waals surface area contributed by atoms with Crippen molar-refractivity contribution in [1.29, 1.82) is 0 Å². The molecular formula is C13H18BrCl2N. The summed E-state index contributed by atoms with van der Waals surface area (Å²) < 4.78 is 1.01. The largest absolute Gasteiger partial charge is 0.324 e. The molecule has 0 aromatic heterocycles. The number of rotatable bonds is 2. The molecule has 0 bridgehead atoms. The van der Waals surface area contributed by atoms with E-state index in [4.69, 9.17) is 17.3 Å². The molecule has 1 fully saturated rings. The van der Waals surface area contributed by atoms with E-state index in [0.29, 0.717) is 5.92 Å². The van der Waals surface area contributed by atoms with Crippen molar-refractivity contribution < 1.29 is 0 Å². The van der Waals surface area contributed by atoms with Gasteiger partial charge in [0.1, 0.15) is 0 Å². The highest BCUT2D eigenvalue weighted by Gasteiger charge is 2.23. The molecule has 1 saturated carbocycles. The normalized spacial score (nSPS) is 18.5. The van der Waals surface area contributed by atoms with Gasteiger partial charge in [0.2, 0.25) is 0 Å². The van der Waals surface area contributed by atoms with Crippen molar-refractivity contribution in [1.82, 2.24) is 0 Å². The second-order valence-corrected chi connectivity index (χ2v) is 5.91. The number of halogens is 3. The Morgan fingerprint density at radius 2 is 1.88 bits per heavy atom. The molecule has 0 spiro atoms. The first-order valence-electron chi connectivity index (χ1n) is 5.89. The van der Waals surface area contributed by atoms with E-state index in [1.165, 1.54) is 32.1 Å². The Hall–Kier alpha value is 0.240. The minimum absolute atomic E-state index is 0. The van der Waals surface area contributed by atoms with Crippen molar-refractivity contribution in [3.05, 3.63) is 33.3 Å². The van der Waals surface area contributed by atoms with Gasteiger partial charge in [-0.3, -0.25) is 0 Å². The zero-order valence-electron chi connectivity index (χ0n) is 9.66. The molecule has 1 aromatic rings. The van der Waals surface area contributed by atoms with Crippen LogP contribution in [-0.4, -0.2) is 0 Å². The number of benzene rings is 1. The smallest absolute Gasteiger partial charge is 0.0465 e. The maximum atomic E-state index is 6.32. The molecule has 1 aromatic carbocycles. The fourth-order valence-electron chi connectivity index (χ4n) is 2.52. The molecule has 4 heteroatoms. The molecule has 2 N–H and O–H groups in total. The van der Waals surface area contributed by atoms with E-state index in [1.54, 1.807) is 0 Å². The van der Waals surface area contributed by atoms with E-state index in [1.807, 2.05) is 18.2 Å². The lowest BCUT2D eigenvalue weighted by Gasteiger charge is -2.28. The predicted molar refractivity (Wildman–Crippen MR) is 79.9 cm³/mol. The maximum absolute atomic E-state index is 6.32. The zero-order valence-corrected chi connectivity index (χ0v) is 12.8. The van der Waals surface area contributed by atoms with Crippen LogP contribution in [0.1, 0.15) is 43.7 Å². The highest BCUT2D eigenvalue weighted by atomic mass is 79.9. The lowest BCUT2D eigenvalue weighted by Crippen LogP contribution is -2.23. The third-order valence-corrected chi connectivity index (χ3v) is 4.30. The van der Waals surface area contributed by atoms with Crippen LogP contribution in [-0.2, 0) is 0 Å². The van der Waals surface area contributed by atoms with Crippen molar-refractivity contribution in [3.63, 3.8) is 0 Å². The first-order valence-corrected chi connectivity index (χ1v) is 7.06. The van der Waals surface area contributed by atoms with Crippen LogP contribution in [0.2, 0.25) is 5.02 Å². The molecule has 96 valence electrons. The van der Waals surface area contributed by atoms with Crippen LogP contribution in [0, 0.1) is 5.92 Å². The number of hydrogen-bond donors (Lipinski definition) is 1. The first kappa shape index (κ1) is 15.3.